The van der Waals surface area contributed by atoms with E-state index in [0.29, 0.717) is 10.6 Å². The fourth-order valence-corrected chi connectivity index (χ4v) is 3.44. The molecule has 116 valence electrons. The predicted octanol–water partition coefficient (Wildman–Crippen LogP) is 6.58. The van der Waals surface area contributed by atoms with Crippen molar-refractivity contribution in [3.05, 3.63) is 58.6 Å². The maximum absolute atomic E-state index is 14.5. The third kappa shape index (κ3) is 3.17. The standard InChI is InChI=1S/C19H19ClF2/c1-12-2-4-13(5-3-12)15-10-17(21)19(18(22)11-15)14-6-8-16(20)9-7-14/h6-13H,2-5H2,1H3. The molecule has 0 spiro atoms. The van der Waals surface area contributed by atoms with Gasteiger partial charge >= 0.3 is 0 Å². The molecule has 2 aromatic rings. The van der Waals surface area contributed by atoms with Gasteiger partial charge in [0.15, 0.2) is 0 Å². The zero-order valence-corrected chi connectivity index (χ0v) is 13.3. The second kappa shape index (κ2) is 6.37. The van der Waals surface area contributed by atoms with Crippen LogP contribution >= 0.6 is 11.6 Å². The molecule has 0 radical (unpaired) electrons. The summed E-state index contributed by atoms with van der Waals surface area (Å²) in [6.45, 7) is 2.24. The topological polar surface area (TPSA) is 0 Å². The third-order valence-corrected chi connectivity index (χ3v) is 4.94. The molecule has 0 saturated heterocycles. The van der Waals surface area contributed by atoms with E-state index in [-0.39, 0.29) is 11.5 Å². The normalized spacial score (nSPS) is 21.8. The van der Waals surface area contributed by atoms with E-state index < -0.39 is 11.6 Å². The summed E-state index contributed by atoms with van der Waals surface area (Å²) >= 11 is 5.83. The average molecular weight is 321 g/mol. The number of rotatable bonds is 2. The van der Waals surface area contributed by atoms with E-state index in [4.69, 9.17) is 11.6 Å². The van der Waals surface area contributed by atoms with Crippen molar-refractivity contribution in [3.63, 3.8) is 0 Å². The van der Waals surface area contributed by atoms with Gasteiger partial charge in [0.1, 0.15) is 11.6 Å². The molecule has 0 N–H and O–H groups in total. The zero-order chi connectivity index (χ0) is 15.7. The van der Waals surface area contributed by atoms with E-state index in [1.165, 1.54) is 12.1 Å². The Morgan fingerprint density at radius 3 is 2.00 bits per heavy atom. The molecular weight excluding hydrogens is 302 g/mol. The molecule has 3 rings (SSSR count). The highest BCUT2D eigenvalue weighted by molar-refractivity contribution is 6.30. The molecule has 1 aliphatic rings. The molecule has 0 nitrogen and oxygen atoms in total. The minimum atomic E-state index is -0.490. The zero-order valence-electron chi connectivity index (χ0n) is 12.6. The molecule has 0 aliphatic heterocycles. The van der Waals surface area contributed by atoms with Crippen LogP contribution in [-0.2, 0) is 0 Å². The summed E-state index contributed by atoms with van der Waals surface area (Å²) in [6.07, 6.45) is 4.29. The van der Waals surface area contributed by atoms with E-state index in [0.717, 1.165) is 37.2 Å². The van der Waals surface area contributed by atoms with Crippen LogP contribution in [0.5, 0.6) is 0 Å². The highest BCUT2D eigenvalue weighted by Gasteiger charge is 2.22. The van der Waals surface area contributed by atoms with Crippen LogP contribution in [-0.4, -0.2) is 0 Å². The minimum absolute atomic E-state index is 0.0320. The van der Waals surface area contributed by atoms with Crippen LogP contribution in [0.25, 0.3) is 11.1 Å². The molecular formula is C19H19ClF2. The Morgan fingerprint density at radius 2 is 1.45 bits per heavy atom. The summed E-state index contributed by atoms with van der Waals surface area (Å²) in [4.78, 5) is 0. The van der Waals surface area contributed by atoms with Crippen LogP contribution in [0.4, 0.5) is 8.78 Å². The highest BCUT2D eigenvalue weighted by atomic mass is 35.5. The molecule has 0 atom stereocenters. The van der Waals surface area contributed by atoms with Gasteiger partial charge in [0.2, 0.25) is 0 Å². The summed E-state index contributed by atoms with van der Waals surface area (Å²) < 4.78 is 28.9. The van der Waals surface area contributed by atoms with Crippen molar-refractivity contribution in [1.82, 2.24) is 0 Å². The van der Waals surface area contributed by atoms with Crippen molar-refractivity contribution in [2.24, 2.45) is 5.92 Å². The van der Waals surface area contributed by atoms with Crippen molar-refractivity contribution in [2.45, 2.75) is 38.5 Å². The maximum Gasteiger partial charge on any atom is 0.134 e. The molecule has 3 heteroatoms. The molecule has 0 bridgehead atoms. The lowest BCUT2D eigenvalue weighted by Gasteiger charge is -2.26. The Labute approximate surface area is 135 Å². The van der Waals surface area contributed by atoms with Gasteiger partial charge in [-0.3, -0.25) is 0 Å². The monoisotopic (exact) mass is 320 g/mol. The lowest BCUT2D eigenvalue weighted by Crippen LogP contribution is -2.11. The van der Waals surface area contributed by atoms with Crippen LogP contribution in [0, 0.1) is 17.6 Å². The molecule has 1 aliphatic carbocycles. The SMILES string of the molecule is CC1CCC(c2cc(F)c(-c3ccc(Cl)cc3)c(F)c2)CC1. The van der Waals surface area contributed by atoms with Crippen molar-refractivity contribution in [3.8, 4) is 11.1 Å². The van der Waals surface area contributed by atoms with Crippen molar-refractivity contribution >= 4 is 11.6 Å². The van der Waals surface area contributed by atoms with Gasteiger partial charge < -0.3 is 0 Å². The molecule has 1 saturated carbocycles. The van der Waals surface area contributed by atoms with Gasteiger partial charge in [-0.25, -0.2) is 8.78 Å². The first-order valence-corrected chi connectivity index (χ1v) is 8.17. The predicted molar refractivity (Wildman–Crippen MR) is 87.2 cm³/mol. The second-order valence-electron chi connectivity index (χ2n) is 6.32. The largest absolute Gasteiger partial charge is 0.206 e. The summed E-state index contributed by atoms with van der Waals surface area (Å²) in [5, 5.41) is 0.553. The summed E-state index contributed by atoms with van der Waals surface area (Å²) in [6, 6.07) is 9.59. The Bertz CT molecular complexity index is 633. The van der Waals surface area contributed by atoms with Gasteiger partial charge in [0.05, 0.1) is 5.56 Å². The van der Waals surface area contributed by atoms with E-state index in [1.807, 2.05) is 0 Å². The van der Waals surface area contributed by atoms with Gasteiger partial charge in [-0.2, -0.15) is 0 Å². The van der Waals surface area contributed by atoms with Gasteiger partial charge in [-0.05, 0) is 60.1 Å². The lowest BCUT2D eigenvalue weighted by atomic mass is 9.79. The second-order valence-corrected chi connectivity index (χ2v) is 6.76. The lowest BCUT2D eigenvalue weighted by molar-refractivity contribution is 0.346. The molecule has 2 aromatic carbocycles. The van der Waals surface area contributed by atoms with Crippen LogP contribution in [0.2, 0.25) is 5.02 Å². The van der Waals surface area contributed by atoms with E-state index >= 15 is 0 Å². The highest BCUT2D eigenvalue weighted by Crippen LogP contribution is 2.38. The molecule has 0 amide bonds. The van der Waals surface area contributed by atoms with Gasteiger partial charge in [0, 0.05) is 5.02 Å². The average Bonchev–Trinajstić information content (AvgIpc) is 2.49. The molecule has 0 unspecified atom stereocenters. The van der Waals surface area contributed by atoms with Crippen molar-refractivity contribution < 1.29 is 8.78 Å². The Kier molecular flexibility index (Phi) is 4.49. The van der Waals surface area contributed by atoms with Crippen LogP contribution in [0.15, 0.2) is 36.4 Å². The van der Waals surface area contributed by atoms with Crippen LogP contribution < -0.4 is 0 Å². The number of hydrogen-bond donors (Lipinski definition) is 0. The number of benzene rings is 2. The quantitative estimate of drug-likeness (QED) is 0.586. The fraction of sp³-hybridized carbons (Fsp3) is 0.368. The van der Waals surface area contributed by atoms with Gasteiger partial charge in [-0.1, -0.05) is 43.5 Å². The summed E-state index contributed by atoms with van der Waals surface area (Å²) in [5.74, 6) is 0.0191. The smallest absolute Gasteiger partial charge is 0.134 e. The van der Waals surface area contributed by atoms with E-state index in [2.05, 4.69) is 6.92 Å². The van der Waals surface area contributed by atoms with Gasteiger partial charge in [-0.15, -0.1) is 0 Å². The Morgan fingerprint density at radius 1 is 0.909 bits per heavy atom. The minimum Gasteiger partial charge on any atom is -0.206 e. The Balaban J connectivity index is 1.93. The fourth-order valence-electron chi connectivity index (χ4n) is 3.31. The molecule has 0 heterocycles. The van der Waals surface area contributed by atoms with E-state index in [9.17, 15) is 8.78 Å². The first kappa shape index (κ1) is 15.5. The van der Waals surface area contributed by atoms with Crippen LogP contribution in [0.3, 0.4) is 0 Å². The summed E-state index contributed by atoms with van der Waals surface area (Å²) in [7, 11) is 0. The Hall–Kier alpha value is -1.41. The first-order valence-electron chi connectivity index (χ1n) is 7.79. The molecule has 22 heavy (non-hydrogen) atoms. The first-order chi connectivity index (χ1) is 10.5. The van der Waals surface area contributed by atoms with Gasteiger partial charge in [0.25, 0.3) is 0 Å². The number of hydrogen-bond acceptors (Lipinski definition) is 0. The maximum atomic E-state index is 14.5. The number of halogens is 3. The van der Waals surface area contributed by atoms with Crippen LogP contribution in [0.1, 0.15) is 44.1 Å². The molecule has 1 fully saturated rings. The summed E-state index contributed by atoms with van der Waals surface area (Å²) in [5.41, 5.74) is 1.34. The third-order valence-electron chi connectivity index (χ3n) is 4.68. The van der Waals surface area contributed by atoms with E-state index in [1.54, 1.807) is 24.3 Å². The molecule has 0 aromatic heterocycles. The van der Waals surface area contributed by atoms with Crippen molar-refractivity contribution in [2.75, 3.05) is 0 Å². The van der Waals surface area contributed by atoms with Crippen molar-refractivity contribution in [1.29, 1.82) is 0 Å².